The molecule has 0 spiro atoms. The van der Waals surface area contributed by atoms with E-state index in [0.717, 1.165) is 12.1 Å². The minimum Gasteiger partial charge on any atom is -0.465 e. The minimum atomic E-state index is -0.750. The van der Waals surface area contributed by atoms with Crippen molar-refractivity contribution in [1.82, 2.24) is 9.97 Å². The average Bonchev–Trinajstić information content (AvgIpc) is 2.64. The Hall–Kier alpha value is -3.55. The fourth-order valence-electron chi connectivity index (χ4n) is 2.41. The lowest BCUT2D eigenvalue weighted by Crippen LogP contribution is -2.05. The summed E-state index contributed by atoms with van der Waals surface area (Å²) in [6.07, 6.45) is 0. The molecule has 0 saturated heterocycles. The lowest BCUT2D eigenvalue weighted by atomic mass is 10.2. The number of nitrogens with one attached hydrogen (secondary N) is 2. The molecule has 8 heteroatoms. The van der Waals surface area contributed by atoms with E-state index in [0.29, 0.717) is 22.8 Å². The van der Waals surface area contributed by atoms with Gasteiger partial charge in [0, 0.05) is 17.4 Å². The van der Waals surface area contributed by atoms with E-state index in [1.807, 2.05) is 0 Å². The number of para-hydroxylation sites is 1. The highest BCUT2D eigenvalue weighted by Gasteiger charge is 2.12. The van der Waals surface area contributed by atoms with E-state index >= 15 is 0 Å². The molecule has 0 aliphatic heterocycles. The van der Waals surface area contributed by atoms with Gasteiger partial charge in [-0.15, -0.1) is 0 Å². The van der Waals surface area contributed by atoms with Crippen LogP contribution in [-0.2, 0) is 4.74 Å². The third-order valence-corrected chi connectivity index (χ3v) is 3.61. The standard InChI is InChI=1S/C19H16F2N4O2/c1-11-9-16(23-13-6-3-5-12(10-13)18(26)27-2)24-19(22-11)25-17-14(20)7-4-8-15(17)21/h3-10H,1-2H3,(H2,22,23,24,25). The number of carbonyl (C=O) groups excluding carboxylic acids is 1. The molecule has 27 heavy (non-hydrogen) atoms. The van der Waals surface area contributed by atoms with Gasteiger partial charge >= 0.3 is 5.97 Å². The van der Waals surface area contributed by atoms with Crippen LogP contribution in [0.5, 0.6) is 0 Å². The maximum Gasteiger partial charge on any atom is 0.337 e. The summed E-state index contributed by atoms with van der Waals surface area (Å²) in [5.41, 5.74) is 1.22. The van der Waals surface area contributed by atoms with Crippen molar-refractivity contribution < 1.29 is 18.3 Å². The zero-order chi connectivity index (χ0) is 19.4. The van der Waals surface area contributed by atoms with Crippen LogP contribution < -0.4 is 10.6 Å². The minimum absolute atomic E-state index is 0.0330. The summed E-state index contributed by atoms with van der Waals surface area (Å²) in [7, 11) is 1.30. The summed E-state index contributed by atoms with van der Waals surface area (Å²) in [4.78, 5) is 20.0. The van der Waals surface area contributed by atoms with Crippen LogP contribution >= 0.6 is 0 Å². The zero-order valence-corrected chi connectivity index (χ0v) is 14.6. The van der Waals surface area contributed by atoms with E-state index in [1.165, 1.54) is 13.2 Å². The molecule has 2 N–H and O–H groups in total. The van der Waals surface area contributed by atoms with Gasteiger partial charge in [0.05, 0.1) is 12.7 Å². The van der Waals surface area contributed by atoms with E-state index in [9.17, 15) is 13.6 Å². The van der Waals surface area contributed by atoms with Gasteiger partial charge in [0.15, 0.2) is 0 Å². The van der Waals surface area contributed by atoms with Crippen molar-refractivity contribution in [3.63, 3.8) is 0 Å². The lowest BCUT2D eigenvalue weighted by Gasteiger charge is -2.11. The summed E-state index contributed by atoms with van der Waals surface area (Å²) in [6.45, 7) is 1.72. The molecular weight excluding hydrogens is 354 g/mol. The topological polar surface area (TPSA) is 76.1 Å². The molecule has 0 fully saturated rings. The van der Waals surface area contributed by atoms with Crippen LogP contribution in [0.25, 0.3) is 0 Å². The molecule has 0 radical (unpaired) electrons. The number of nitrogens with zero attached hydrogens (tertiary/aromatic N) is 2. The molecule has 138 valence electrons. The molecule has 0 unspecified atom stereocenters. The highest BCUT2D eigenvalue weighted by Crippen LogP contribution is 2.23. The molecule has 0 saturated carbocycles. The van der Waals surface area contributed by atoms with Crippen molar-refractivity contribution in [2.75, 3.05) is 17.7 Å². The number of hydrogen-bond acceptors (Lipinski definition) is 6. The fourth-order valence-corrected chi connectivity index (χ4v) is 2.41. The Labute approximate surface area is 154 Å². The second kappa shape index (κ2) is 7.77. The van der Waals surface area contributed by atoms with Crippen molar-refractivity contribution in [3.05, 3.63) is 71.4 Å². The number of anilines is 4. The van der Waals surface area contributed by atoms with E-state index in [1.54, 1.807) is 37.3 Å². The number of benzene rings is 2. The number of hydrogen-bond donors (Lipinski definition) is 2. The van der Waals surface area contributed by atoms with Gasteiger partial charge < -0.3 is 15.4 Å². The molecule has 1 aromatic heterocycles. The molecule has 1 heterocycles. The van der Waals surface area contributed by atoms with E-state index < -0.39 is 17.6 Å². The zero-order valence-electron chi connectivity index (χ0n) is 14.6. The average molecular weight is 370 g/mol. The Morgan fingerprint density at radius 3 is 2.41 bits per heavy atom. The number of ether oxygens (including phenoxy) is 1. The summed E-state index contributed by atoms with van der Waals surface area (Å²) in [5, 5.41) is 5.59. The summed E-state index contributed by atoms with van der Waals surface area (Å²) < 4.78 is 32.3. The molecule has 6 nitrogen and oxygen atoms in total. The lowest BCUT2D eigenvalue weighted by molar-refractivity contribution is 0.0601. The highest BCUT2D eigenvalue weighted by molar-refractivity contribution is 5.90. The maximum absolute atomic E-state index is 13.8. The number of aryl methyl sites for hydroxylation is 1. The highest BCUT2D eigenvalue weighted by atomic mass is 19.1. The second-order valence-electron chi connectivity index (χ2n) is 5.64. The molecule has 0 aliphatic rings. The molecule has 0 amide bonds. The quantitative estimate of drug-likeness (QED) is 0.651. The number of rotatable bonds is 5. The number of halogens is 2. The van der Waals surface area contributed by atoms with Crippen molar-refractivity contribution in [1.29, 1.82) is 0 Å². The van der Waals surface area contributed by atoms with E-state index in [4.69, 9.17) is 4.74 Å². The summed E-state index contributed by atoms with van der Waals surface area (Å²) in [5.74, 6) is -1.54. The van der Waals surface area contributed by atoms with Crippen LogP contribution in [0.3, 0.4) is 0 Å². The Bertz CT molecular complexity index is 975. The summed E-state index contributed by atoms with van der Waals surface area (Å²) in [6, 6.07) is 11.9. The van der Waals surface area contributed by atoms with Crippen LogP contribution in [-0.4, -0.2) is 23.0 Å². The van der Waals surface area contributed by atoms with Gasteiger partial charge in [0.25, 0.3) is 0 Å². The van der Waals surface area contributed by atoms with Gasteiger partial charge in [0.2, 0.25) is 5.95 Å². The second-order valence-corrected chi connectivity index (χ2v) is 5.64. The normalized spacial score (nSPS) is 10.4. The van der Waals surface area contributed by atoms with E-state index in [-0.39, 0.29) is 11.6 Å². The Kier molecular flexibility index (Phi) is 5.25. The summed E-state index contributed by atoms with van der Waals surface area (Å²) >= 11 is 0. The first kappa shape index (κ1) is 18.2. The third-order valence-electron chi connectivity index (χ3n) is 3.61. The number of carbonyl (C=O) groups is 1. The number of aromatic nitrogens is 2. The van der Waals surface area contributed by atoms with Gasteiger partial charge in [-0.25, -0.2) is 18.6 Å². The largest absolute Gasteiger partial charge is 0.465 e. The van der Waals surface area contributed by atoms with Crippen LogP contribution in [0, 0.1) is 18.6 Å². The molecular formula is C19H16F2N4O2. The van der Waals surface area contributed by atoms with Crippen molar-refractivity contribution in [2.45, 2.75) is 6.92 Å². The van der Waals surface area contributed by atoms with Gasteiger partial charge in [-0.2, -0.15) is 4.98 Å². The van der Waals surface area contributed by atoms with Crippen LogP contribution in [0.15, 0.2) is 48.5 Å². The molecule has 0 aliphatic carbocycles. The Morgan fingerprint density at radius 1 is 1.00 bits per heavy atom. The number of esters is 1. The van der Waals surface area contributed by atoms with Gasteiger partial charge in [0.1, 0.15) is 23.1 Å². The molecule has 0 bridgehead atoms. The molecule has 2 aromatic carbocycles. The number of methoxy groups -OCH3 is 1. The Morgan fingerprint density at radius 2 is 1.70 bits per heavy atom. The molecule has 3 aromatic rings. The SMILES string of the molecule is COC(=O)c1cccc(Nc2cc(C)nc(Nc3c(F)cccc3F)n2)c1. The predicted molar refractivity (Wildman–Crippen MR) is 97.5 cm³/mol. The smallest absolute Gasteiger partial charge is 0.337 e. The Balaban J connectivity index is 1.87. The van der Waals surface area contributed by atoms with Crippen LogP contribution in [0.4, 0.5) is 31.9 Å². The van der Waals surface area contributed by atoms with Crippen molar-refractivity contribution in [2.24, 2.45) is 0 Å². The molecule has 0 atom stereocenters. The van der Waals surface area contributed by atoms with Crippen molar-refractivity contribution >= 4 is 29.1 Å². The van der Waals surface area contributed by atoms with E-state index in [2.05, 4.69) is 20.6 Å². The fraction of sp³-hybridized carbons (Fsp3) is 0.105. The van der Waals surface area contributed by atoms with Gasteiger partial charge in [-0.05, 0) is 37.3 Å². The first-order valence-corrected chi connectivity index (χ1v) is 7.98. The first-order chi connectivity index (χ1) is 13.0. The van der Waals surface area contributed by atoms with Crippen LogP contribution in [0.1, 0.15) is 16.1 Å². The monoisotopic (exact) mass is 370 g/mol. The third kappa shape index (κ3) is 4.35. The van der Waals surface area contributed by atoms with Gasteiger partial charge in [-0.1, -0.05) is 12.1 Å². The van der Waals surface area contributed by atoms with Crippen molar-refractivity contribution in [3.8, 4) is 0 Å². The molecule has 3 rings (SSSR count). The maximum atomic E-state index is 13.8. The van der Waals surface area contributed by atoms with Gasteiger partial charge in [-0.3, -0.25) is 0 Å². The first-order valence-electron chi connectivity index (χ1n) is 7.98. The van der Waals surface area contributed by atoms with Crippen LogP contribution in [0.2, 0.25) is 0 Å². The predicted octanol–water partition coefficient (Wildman–Crippen LogP) is 4.34.